The van der Waals surface area contributed by atoms with Gasteiger partial charge in [-0.25, -0.2) is 14.4 Å². The third-order valence-corrected chi connectivity index (χ3v) is 5.47. The lowest BCUT2D eigenvalue weighted by atomic mass is 10.0. The Labute approximate surface area is 181 Å². The van der Waals surface area contributed by atoms with E-state index in [9.17, 15) is 9.18 Å². The summed E-state index contributed by atoms with van der Waals surface area (Å²) >= 11 is 6.58. The molecular weight excluding hydrogens is 417 g/mol. The zero-order valence-electron chi connectivity index (χ0n) is 16.3. The minimum absolute atomic E-state index is 0.154. The van der Waals surface area contributed by atoms with Crippen LogP contribution >= 0.6 is 11.6 Å². The minimum Gasteiger partial charge on any atom is -0.381 e. The van der Waals surface area contributed by atoms with Gasteiger partial charge in [-0.2, -0.15) is 0 Å². The molecule has 0 radical (unpaired) electrons. The topological polar surface area (TPSA) is 86.2 Å². The van der Waals surface area contributed by atoms with E-state index in [0.29, 0.717) is 39.4 Å². The number of nitrogens with two attached hydrogens (primary N) is 1. The molecule has 0 saturated carbocycles. The molecule has 0 amide bonds. The van der Waals surface area contributed by atoms with Gasteiger partial charge in [0, 0.05) is 28.9 Å². The third-order valence-electron chi connectivity index (χ3n) is 5.18. The second-order valence-corrected chi connectivity index (χ2v) is 7.57. The van der Waals surface area contributed by atoms with Crippen molar-refractivity contribution >= 4 is 40.3 Å². The number of carbonyl (C=O) groups excluding carboxylic acids is 1. The highest BCUT2D eigenvalue weighted by Gasteiger charge is 2.20. The molecule has 0 fully saturated rings. The highest BCUT2D eigenvalue weighted by molar-refractivity contribution is 6.35. The third kappa shape index (κ3) is 3.10. The number of nitrogen functional groups attached to an aromatic ring is 1. The number of halogens is 2. The lowest BCUT2D eigenvalue weighted by molar-refractivity contribution is 0.111. The summed E-state index contributed by atoms with van der Waals surface area (Å²) in [6.07, 6.45) is 3.95. The van der Waals surface area contributed by atoms with Gasteiger partial charge >= 0.3 is 0 Å². The summed E-state index contributed by atoms with van der Waals surface area (Å²) < 4.78 is 15.3. The fourth-order valence-corrected chi connectivity index (χ4v) is 3.98. The van der Waals surface area contributed by atoms with Crippen LogP contribution in [0.25, 0.3) is 39.1 Å². The van der Waals surface area contributed by atoms with Crippen molar-refractivity contribution in [1.29, 1.82) is 0 Å². The largest absolute Gasteiger partial charge is 0.381 e. The maximum Gasteiger partial charge on any atom is 0.181 e. The molecule has 31 heavy (non-hydrogen) atoms. The predicted molar refractivity (Wildman–Crippen MR) is 119 cm³/mol. The van der Waals surface area contributed by atoms with Crippen molar-refractivity contribution in [2.24, 2.45) is 0 Å². The molecule has 5 aromatic rings. The van der Waals surface area contributed by atoms with Crippen molar-refractivity contribution in [1.82, 2.24) is 19.4 Å². The van der Waals surface area contributed by atoms with Gasteiger partial charge in [0.2, 0.25) is 0 Å². The van der Waals surface area contributed by atoms with Crippen LogP contribution in [0.4, 0.5) is 10.2 Å². The molecule has 0 spiro atoms. The Morgan fingerprint density at radius 3 is 2.61 bits per heavy atom. The number of rotatable bonds is 3. The maximum absolute atomic E-state index is 13.6. The number of hydrogen-bond acceptors (Lipinski definition) is 5. The minimum atomic E-state index is -0.360. The van der Waals surface area contributed by atoms with Crippen molar-refractivity contribution in [2.45, 2.75) is 6.92 Å². The molecular formula is C23H15ClFN5O. The highest BCUT2D eigenvalue weighted by atomic mass is 35.5. The van der Waals surface area contributed by atoms with E-state index in [4.69, 9.17) is 17.3 Å². The van der Waals surface area contributed by atoms with Gasteiger partial charge in [0.1, 0.15) is 11.5 Å². The van der Waals surface area contributed by atoms with Gasteiger partial charge in [-0.1, -0.05) is 11.6 Å². The van der Waals surface area contributed by atoms with Gasteiger partial charge < -0.3 is 5.73 Å². The zero-order chi connectivity index (χ0) is 21.7. The fourth-order valence-electron chi connectivity index (χ4n) is 3.71. The van der Waals surface area contributed by atoms with Gasteiger partial charge in [-0.3, -0.25) is 14.2 Å². The Bertz CT molecular complexity index is 1490. The van der Waals surface area contributed by atoms with Crippen molar-refractivity contribution < 1.29 is 9.18 Å². The van der Waals surface area contributed by atoms with Crippen molar-refractivity contribution in [3.63, 3.8) is 0 Å². The molecule has 0 saturated heterocycles. The van der Waals surface area contributed by atoms with E-state index in [1.165, 1.54) is 12.1 Å². The number of pyridine rings is 1. The Balaban J connectivity index is 1.92. The number of benzene rings is 2. The molecule has 5 rings (SSSR count). The molecule has 8 heteroatoms. The van der Waals surface area contributed by atoms with Crippen LogP contribution in [-0.4, -0.2) is 25.6 Å². The molecule has 0 aliphatic heterocycles. The predicted octanol–water partition coefficient (Wildman–Crippen LogP) is 5.11. The lowest BCUT2D eigenvalue weighted by Gasteiger charge is -2.15. The van der Waals surface area contributed by atoms with E-state index in [1.807, 2.05) is 19.1 Å². The Kier molecular flexibility index (Phi) is 4.41. The first-order valence-electron chi connectivity index (χ1n) is 9.41. The second kappa shape index (κ2) is 7.14. The van der Waals surface area contributed by atoms with E-state index >= 15 is 0 Å². The van der Waals surface area contributed by atoms with Gasteiger partial charge in [0.25, 0.3) is 0 Å². The summed E-state index contributed by atoms with van der Waals surface area (Å²) in [6, 6.07) is 11.6. The lowest BCUT2D eigenvalue weighted by Crippen LogP contribution is -2.04. The molecule has 2 aromatic carbocycles. The van der Waals surface area contributed by atoms with Gasteiger partial charge in [-0.15, -0.1) is 0 Å². The van der Waals surface area contributed by atoms with Crippen LogP contribution in [0, 0.1) is 12.7 Å². The first-order chi connectivity index (χ1) is 15.0. The van der Waals surface area contributed by atoms with Crippen LogP contribution in [0.15, 0.2) is 54.9 Å². The number of imidazole rings is 1. The van der Waals surface area contributed by atoms with E-state index < -0.39 is 0 Å². The van der Waals surface area contributed by atoms with Crippen LogP contribution in [0.2, 0.25) is 5.02 Å². The molecule has 152 valence electrons. The summed E-state index contributed by atoms with van der Waals surface area (Å²) in [5, 5.41) is 1.36. The van der Waals surface area contributed by atoms with Crippen LogP contribution in [0.3, 0.4) is 0 Å². The molecule has 6 nitrogen and oxygen atoms in total. The zero-order valence-corrected chi connectivity index (χ0v) is 17.1. The van der Waals surface area contributed by atoms with E-state index in [1.54, 1.807) is 35.0 Å². The van der Waals surface area contributed by atoms with E-state index in [-0.39, 0.29) is 17.3 Å². The smallest absolute Gasteiger partial charge is 0.181 e. The summed E-state index contributed by atoms with van der Waals surface area (Å²) in [6.45, 7) is 1.98. The number of aryl methyl sites for hydroxylation is 1. The quantitative estimate of drug-likeness (QED) is 0.401. The summed E-state index contributed by atoms with van der Waals surface area (Å²) in [5.41, 5.74) is 11.0. The average Bonchev–Trinajstić information content (AvgIpc) is 3.20. The summed E-state index contributed by atoms with van der Waals surface area (Å²) in [5.74, 6) is -0.207. The van der Waals surface area contributed by atoms with Crippen molar-refractivity contribution in [2.75, 3.05) is 5.73 Å². The van der Waals surface area contributed by atoms with Gasteiger partial charge in [0.05, 0.1) is 21.9 Å². The molecule has 0 aliphatic rings. The Hall–Kier alpha value is -3.84. The summed E-state index contributed by atoms with van der Waals surface area (Å²) in [7, 11) is 0. The molecule has 3 heterocycles. The molecule has 0 atom stereocenters. The number of anilines is 1. The highest BCUT2D eigenvalue weighted by Crippen LogP contribution is 2.37. The first-order valence-corrected chi connectivity index (χ1v) is 9.79. The standard InChI is InChI=1S/C23H15ClFN5O/c1-12-6-7-27-20-17(12)8-14(9-18(20)24)21-19(13-2-4-15(25)5-3-13)29-22(26)23-28-16(11-31)10-30(21)23/h2-11H,1H3,(H2,26,29). The molecule has 0 bridgehead atoms. The van der Waals surface area contributed by atoms with Gasteiger partial charge in [0.15, 0.2) is 17.8 Å². The van der Waals surface area contributed by atoms with Crippen molar-refractivity contribution in [3.05, 3.63) is 77.0 Å². The number of carbonyl (C=O) groups is 1. The van der Waals surface area contributed by atoms with Crippen LogP contribution in [-0.2, 0) is 0 Å². The maximum atomic E-state index is 13.6. The van der Waals surface area contributed by atoms with Crippen molar-refractivity contribution in [3.8, 4) is 22.5 Å². The molecule has 0 aliphatic carbocycles. The van der Waals surface area contributed by atoms with Gasteiger partial charge in [-0.05, 0) is 55.0 Å². The average molecular weight is 432 g/mol. The molecule has 3 aromatic heterocycles. The number of nitrogens with zero attached hydrogens (tertiary/aromatic N) is 4. The number of aldehydes is 1. The van der Waals surface area contributed by atoms with E-state index in [0.717, 1.165) is 16.5 Å². The van der Waals surface area contributed by atoms with Crippen LogP contribution in [0.1, 0.15) is 16.1 Å². The van der Waals surface area contributed by atoms with E-state index in [2.05, 4.69) is 15.0 Å². The normalized spacial score (nSPS) is 11.3. The Morgan fingerprint density at radius 1 is 1.10 bits per heavy atom. The first kappa shape index (κ1) is 19.1. The Morgan fingerprint density at radius 2 is 1.87 bits per heavy atom. The fraction of sp³-hybridized carbons (Fsp3) is 0.0435. The molecule has 0 unspecified atom stereocenters. The second-order valence-electron chi connectivity index (χ2n) is 7.16. The van der Waals surface area contributed by atoms with Crippen LogP contribution < -0.4 is 5.73 Å². The summed E-state index contributed by atoms with van der Waals surface area (Å²) in [4.78, 5) is 24.6. The number of hydrogen-bond donors (Lipinski definition) is 1. The molecule has 2 N–H and O–H groups in total. The van der Waals surface area contributed by atoms with Crippen LogP contribution in [0.5, 0.6) is 0 Å². The SMILES string of the molecule is Cc1ccnc2c(Cl)cc(-c3c(-c4ccc(F)cc4)nc(N)c4nc(C=O)cn34)cc12. The monoisotopic (exact) mass is 431 g/mol. The number of aromatic nitrogens is 4. The number of fused-ring (bicyclic) bond motifs is 2.